The number of thiophene rings is 1. The second kappa shape index (κ2) is 7.69. The molecule has 1 aliphatic rings. The first-order valence-electron chi connectivity index (χ1n) is 6.81. The highest BCUT2D eigenvalue weighted by Crippen LogP contribution is 2.25. The molecular weight excluding hydrogens is 294 g/mol. The third-order valence-electron chi connectivity index (χ3n) is 3.23. The number of piperidine rings is 1. The summed E-state index contributed by atoms with van der Waals surface area (Å²) >= 11 is 3.20. The molecule has 2 heterocycles. The normalized spacial score (nSPS) is 18.9. The number of carbonyl (C=O) groups excluding carboxylic acids is 2. The molecule has 0 spiro atoms. The van der Waals surface area contributed by atoms with Gasteiger partial charge in [-0.1, -0.05) is 6.07 Å². The van der Waals surface area contributed by atoms with E-state index in [4.69, 9.17) is 4.74 Å². The van der Waals surface area contributed by atoms with Gasteiger partial charge in [0.2, 0.25) is 5.91 Å². The number of rotatable bonds is 5. The van der Waals surface area contributed by atoms with E-state index in [0.717, 1.165) is 23.6 Å². The fourth-order valence-electron chi connectivity index (χ4n) is 2.23. The van der Waals surface area contributed by atoms with E-state index in [1.807, 2.05) is 17.5 Å². The molecular formula is C14H19NO3S2. The van der Waals surface area contributed by atoms with Gasteiger partial charge in [0.05, 0.1) is 22.5 Å². The third-order valence-corrected chi connectivity index (χ3v) is 5.34. The van der Waals surface area contributed by atoms with Crippen molar-refractivity contribution in [3.63, 3.8) is 0 Å². The van der Waals surface area contributed by atoms with Gasteiger partial charge in [-0.05, 0) is 31.2 Å². The molecule has 0 aromatic carbocycles. The van der Waals surface area contributed by atoms with Gasteiger partial charge in [-0.15, -0.1) is 23.1 Å². The first-order chi connectivity index (χ1) is 9.70. The molecule has 1 aromatic heterocycles. The zero-order valence-corrected chi connectivity index (χ0v) is 13.2. The van der Waals surface area contributed by atoms with Crippen LogP contribution in [0.25, 0.3) is 0 Å². The lowest BCUT2D eigenvalue weighted by atomic mass is 9.98. The van der Waals surface area contributed by atoms with Crippen molar-refractivity contribution in [1.29, 1.82) is 0 Å². The highest BCUT2D eigenvalue weighted by molar-refractivity contribution is 8.01. The van der Waals surface area contributed by atoms with Crippen molar-refractivity contribution in [2.75, 3.05) is 25.4 Å². The maximum absolute atomic E-state index is 12.2. The molecule has 0 N–H and O–H groups in total. The van der Waals surface area contributed by atoms with Gasteiger partial charge < -0.3 is 9.64 Å². The SMILES string of the molecule is CCOC(=O)[C@H]1CCCN(C(=O)CSc2cccs2)C1. The molecule has 20 heavy (non-hydrogen) atoms. The van der Waals surface area contributed by atoms with E-state index < -0.39 is 0 Å². The summed E-state index contributed by atoms with van der Waals surface area (Å²) < 4.78 is 6.20. The van der Waals surface area contributed by atoms with E-state index in [-0.39, 0.29) is 17.8 Å². The first kappa shape index (κ1) is 15.4. The van der Waals surface area contributed by atoms with Crippen LogP contribution in [0, 0.1) is 5.92 Å². The zero-order valence-electron chi connectivity index (χ0n) is 11.5. The Morgan fingerprint density at radius 1 is 1.55 bits per heavy atom. The lowest BCUT2D eigenvalue weighted by molar-refractivity contribution is -0.151. The maximum Gasteiger partial charge on any atom is 0.310 e. The summed E-state index contributed by atoms with van der Waals surface area (Å²) in [5, 5.41) is 2.00. The van der Waals surface area contributed by atoms with Crippen LogP contribution in [0.5, 0.6) is 0 Å². The summed E-state index contributed by atoms with van der Waals surface area (Å²) in [5.74, 6) is 0.225. The molecule has 1 saturated heterocycles. The van der Waals surface area contributed by atoms with Crippen molar-refractivity contribution < 1.29 is 14.3 Å². The van der Waals surface area contributed by atoms with E-state index in [1.165, 1.54) is 0 Å². The smallest absolute Gasteiger partial charge is 0.310 e. The van der Waals surface area contributed by atoms with Crippen LogP contribution < -0.4 is 0 Å². The van der Waals surface area contributed by atoms with Crippen molar-refractivity contribution in [1.82, 2.24) is 4.90 Å². The van der Waals surface area contributed by atoms with Crippen LogP contribution in [0.15, 0.2) is 21.7 Å². The van der Waals surface area contributed by atoms with Gasteiger partial charge in [0.25, 0.3) is 0 Å². The van der Waals surface area contributed by atoms with Gasteiger partial charge in [-0.3, -0.25) is 9.59 Å². The van der Waals surface area contributed by atoms with Gasteiger partial charge in [0.1, 0.15) is 0 Å². The standard InChI is InChI=1S/C14H19NO3S2/c1-2-18-14(17)11-5-3-7-15(9-11)12(16)10-20-13-6-4-8-19-13/h4,6,8,11H,2-3,5,7,9-10H2,1H3/t11-/m0/s1. The van der Waals surface area contributed by atoms with Crippen molar-refractivity contribution in [3.05, 3.63) is 17.5 Å². The number of nitrogens with zero attached hydrogens (tertiary/aromatic N) is 1. The fourth-order valence-corrected chi connectivity index (χ4v) is 3.91. The molecule has 1 fully saturated rings. The molecule has 110 valence electrons. The van der Waals surface area contributed by atoms with Crippen molar-refractivity contribution in [3.8, 4) is 0 Å². The molecule has 0 aliphatic carbocycles. The van der Waals surface area contributed by atoms with Gasteiger partial charge in [-0.2, -0.15) is 0 Å². The van der Waals surface area contributed by atoms with Gasteiger partial charge in [-0.25, -0.2) is 0 Å². The number of esters is 1. The molecule has 6 heteroatoms. The molecule has 0 saturated carbocycles. The zero-order chi connectivity index (χ0) is 14.4. The number of amides is 1. The minimum absolute atomic E-state index is 0.109. The molecule has 1 amide bonds. The van der Waals surface area contributed by atoms with E-state index in [0.29, 0.717) is 18.9 Å². The summed E-state index contributed by atoms with van der Waals surface area (Å²) in [6.45, 7) is 3.46. The van der Waals surface area contributed by atoms with Crippen LogP contribution in [-0.4, -0.2) is 42.2 Å². The minimum atomic E-state index is -0.170. The largest absolute Gasteiger partial charge is 0.466 e. The Kier molecular flexibility index (Phi) is 5.91. The Labute approximate surface area is 127 Å². The number of hydrogen-bond donors (Lipinski definition) is 0. The Morgan fingerprint density at radius 3 is 3.10 bits per heavy atom. The highest BCUT2D eigenvalue weighted by Gasteiger charge is 2.29. The van der Waals surface area contributed by atoms with E-state index >= 15 is 0 Å². The van der Waals surface area contributed by atoms with E-state index in [9.17, 15) is 9.59 Å². The van der Waals surface area contributed by atoms with Crippen molar-refractivity contribution >= 4 is 35.0 Å². The molecule has 0 radical (unpaired) electrons. The molecule has 1 aromatic rings. The molecule has 2 rings (SSSR count). The lowest BCUT2D eigenvalue weighted by Gasteiger charge is -2.31. The quantitative estimate of drug-likeness (QED) is 0.619. The number of hydrogen-bond acceptors (Lipinski definition) is 5. The molecule has 1 aliphatic heterocycles. The third kappa shape index (κ3) is 4.24. The minimum Gasteiger partial charge on any atom is -0.466 e. The molecule has 1 atom stereocenters. The Morgan fingerprint density at radius 2 is 2.40 bits per heavy atom. The number of likely N-dealkylation sites (tertiary alicyclic amines) is 1. The summed E-state index contributed by atoms with van der Waals surface area (Å²) in [4.78, 5) is 25.7. The van der Waals surface area contributed by atoms with Crippen LogP contribution >= 0.6 is 23.1 Å². The fraction of sp³-hybridized carbons (Fsp3) is 0.571. The average molecular weight is 313 g/mol. The first-order valence-corrected chi connectivity index (χ1v) is 8.68. The summed E-state index contributed by atoms with van der Waals surface area (Å²) in [5.41, 5.74) is 0. The van der Waals surface area contributed by atoms with Crippen LogP contribution in [0.2, 0.25) is 0 Å². The Balaban J connectivity index is 1.81. The highest BCUT2D eigenvalue weighted by atomic mass is 32.2. The Bertz CT molecular complexity index is 447. The van der Waals surface area contributed by atoms with Gasteiger partial charge in [0.15, 0.2) is 0 Å². The summed E-state index contributed by atoms with van der Waals surface area (Å²) in [6, 6.07) is 4.00. The molecule has 4 nitrogen and oxygen atoms in total. The molecule has 0 unspecified atom stereocenters. The number of thioether (sulfide) groups is 1. The maximum atomic E-state index is 12.2. The second-order valence-corrected chi connectivity index (χ2v) is 6.88. The van der Waals surface area contributed by atoms with E-state index in [1.54, 1.807) is 34.9 Å². The van der Waals surface area contributed by atoms with Crippen LogP contribution in [0.1, 0.15) is 19.8 Å². The van der Waals surface area contributed by atoms with E-state index in [2.05, 4.69) is 0 Å². The monoisotopic (exact) mass is 313 g/mol. The van der Waals surface area contributed by atoms with Crippen LogP contribution in [0.4, 0.5) is 0 Å². The average Bonchev–Trinajstić information content (AvgIpc) is 2.98. The summed E-state index contributed by atoms with van der Waals surface area (Å²) in [6.07, 6.45) is 1.69. The lowest BCUT2D eigenvalue weighted by Crippen LogP contribution is -2.43. The van der Waals surface area contributed by atoms with Crippen molar-refractivity contribution in [2.24, 2.45) is 5.92 Å². The van der Waals surface area contributed by atoms with Crippen LogP contribution in [-0.2, 0) is 14.3 Å². The number of ether oxygens (including phenoxy) is 1. The summed E-state index contributed by atoms with van der Waals surface area (Å²) in [7, 11) is 0. The van der Waals surface area contributed by atoms with Crippen molar-refractivity contribution in [2.45, 2.75) is 24.0 Å². The topological polar surface area (TPSA) is 46.6 Å². The predicted molar refractivity (Wildman–Crippen MR) is 81.0 cm³/mol. The molecule has 0 bridgehead atoms. The van der Waals surface area contributed by atoms with Gasteiger partial charge >= 0.3 is 5.97 Å². The predicted octanol–water partition coefficient (Wildman–Crippen LogP) is 2.64. The number of carbonyl (C=O) groups is 2. The Hall–Kier alpha value is -1.01. The second-order valence-electron chi connectivity index (χ2n) is 4.65. The van der Waals surface area contributed by atoms with Gasteiger partial charge in [0, 0.05) is 13.1 Å². The van der Waals surface area contributed by atoms with Crippen LogP contribution in [0.3, 0.4) is 0 Å².